The number of amides is 1. The van der Waals surface area contributed by atoms with Gasteiger partial charge in [-0.25, -0.2) is 0 Å². The third-order valence-corrected chi connectivity index (χ3v) is 2.25. The van der Waals surface area contributed by atoms with Crippen LogP contribution in [-0.2, 0) is 4.79 Å². The van der Waals surface area contributed by atoms with Gasteiger partial charge in [0.05, 0.1) is 17.8 Å². The number of H-pyrrole nitrogens is 1. The number of carbonyl (C=O) groups is 2. The van der Waals surface area contributed by atoms with Crippen molar-refractivity contribution in [3.8, 4) is 0 Å². The number of hydrogen-bond donors (Lipinski definition) is 2. The molecule has 0 saturated heterocycles. The van der Waals surface area contributed by atoms with E-state index in [1.165, 1.54) is 6.20 Å². The third-order valence-electron chi connectivity index (χ3n) is 2.25. The fraction of sp³-hybridized carbons (Fsp3) is 0.500. The zero-order valence-corrected chi connectivity index (χ0v) is 9.13. The van der Waals surface area contributed by atoms with E-state index in [1.807, 2.05) is 0 Å². The lowest BCUT2D eigenvalue weighted by atomic mass is 10.1. The number of ketones is 1. The van der Waals surface area contributed by atoms with Gasteiger partial charge in [0.2, 0.25) is 0 Å². The topological polar surface area (TPSA) is 74.8 Å². The summed E-state index contributed by atoms with van der Waals surface area (Å²) in [6.45, 7) is 5.21. The van der Waals surface area contributed by atoms with Gasteiger partial charge in [-0.05, 0) is 13.8 Å². The van der Waals surface area contributed by atoms with Gasteiger partial charge in [0.25, 0.3) is 5.91 Å². The first-order valence-electron chi connectivity index (χ1n) is 4.89. The van der Waals surface area contributed by atoms with Gasteiger partial charge in [0.1, 0.15) is 0 Å². The van der Waals surface area contributed by atoms with Crippen molar-refractivity contribution in [1.82, 2.24) is 15.5 Å². The fourth-order valence-corrected chi connectivity index (χ4v) is 1.24. The lowest BCUT2D eigenvalue weighted by Crippen LogP contribution is -2.38. The van der Waals surface area contributed by atoms with E-state index in [0.717, 1.165) is 0 Å². The molecule has 1 heterocycles. The number of carbonyl (C=O) groups excluding carboxylic acids is 2. The second-order valence-corrected chi connectivity index (χ2v) is 3.42. The van der Waals surface area contributed by atoms with Gasteiger partial charge < -0.3 is 5.32 Å². The van der Waals surface area contributed by atoms with Gasteiger partial charge in [-0.3, -0.25) is 14.7 Å². The average molecular weight is 209 g/mol. The molecule has 0 radical (unpaired) electrons. The molecule has 0 spiro atoms. The van der Waals surface area contributed by atoms with Gasteiger partial charge in [-0.1, -0.05) is 6.92 Å². The molecule has 5 nitrogen and oxygen atoms in total. The van der Waals surface area contributed by atoms with E-state index in [0.29, 0.717) is 17.7 Å². The molecule has 1 amide bonds. The largest absolute Gasteiger partial charge is 0.342 e. The molecule has 0 bridgehead atoms. The van der Waals surface area contributed by atoms with E-state index in [2.05, 4.69) is 15.5 Å². The molecule has 5 heteroatoms. The van der Waals surface area contributed by atoms with Crippen molar-refractivity contribution in [1.29, 1.82) is 0 Å². The molecule has 2 N–H and O–H groups in total. The van der Waals surface area contributed by atoms with Crippen molar-refractivity contribution in [3.05, 3.63) is 17.5 Å². The molecule has 0 aliphatic heterocycles. The summed E-state index contributed by atoms with van der Waals surface area (Å²) < 4.78 is 0. The standard InChI is InChI=1S/C10H15N3O2/c1-4-9(14)7(3)12-10(15)8-5-11-13-6(8)2/h5,7H,4H2,1-3H3,(H,11,13)(H,12,15). The number of nitrogens with one attached hydrogen (secondary N) is 2. The molecular formula is C10H15N3O2. The molecule has 1 aromatic rings. The summed E-state index contributed by atoms with van der Waals surface area (Å²) in [7, 11) is 0. The fourth-order valence-electron chi connectivity index (χ4n) is 1.24. The molecule has 0 aliphatic rings. The molecular weight excluding hydrogens is 194 g/mol. The van der Waals surface area contributed by atoms with Crippen molar-refractivity contribution in [2.75, 3.05) is 0 Å². The van der Waals surface area contributed by atoms with E-state index in [1.54, 1.807) is 20.8 Å². The summed E-state index contributed by atoms with van der Waals surface area (Å²) >= 11 is 0. The van der Waals surface area contributed by atoms with Gasteiger partial charge in [-0.2, -0.15) is 5.10 Å². The van der Waals surface area contributed by atoms with E-state index in [4.69, 9.17) is 0 Å². The highest BCUT2D eigenvalue weighted by Crippen LogP contribution is 2.03. The minimum atomic E-state index is -0.447. The summed E-state index contributed by atoms with van der Waals surface area (Å²) in [6, 6.07) is -0.447. The van der Waals surface area contributed by atoms with Gasteiger partial charge in [-0.15, -0.1) is 0 Å². The maximum Gasteiger partial charge on any atom is 0.255 e. The summed E-state index contributed by atoms with van der Waals surface area (Å²) in [5.41, 5.74) is 1.18. The first-order valence-corrected chi connectivity index (χ1v) is 4.89. The lowest BCUT2D eigenvalue weighted by molar-refractivity contribution is -0.120. The average Bonchev–Trinajstić information content (AvgIpc) is 2.63. The normalized spacial score (nSPS) is 12.2. The van der Waals surface area contributed by atoms with E-state index >= 15 is 0 Å². The van der Waals surface area contributed by atoms with Crippen LogP contribution in [-0.4, -0.2) is 27.9 Å². The molecule has 0 aromatic carbocycles. The minimum Gasteiger partial charge on any atom is -0.342 e. The Labute approximate surface area is 88.3 Å². The smallest absolute Gasteiger partial charge is 0.255 e. The van der Waals surface area contributed by atoms with Crippen LogP contribution in [0.5, 0.6) is 0 Å². The van der Waals surface area contributed by atoms with Crippen LogP contribution in [0.3, 0.4) is 0 Å². The number of nitrogens with zero attached hydrogens (tertiary/aromatic N) is 1. The Morgan fingerprint density at radius 2 is 2.27 bits per heavy atom. The molecule has 1 unspecified atom stereocenters. The van der Waals surface area contributed by atoms with Crippen molar-refractivity contribution in [3.63, 3.8) is 0 Å². The lowest BCUT2D eigenvalue weighted by Gasteiger charge is -2.10. The summed E-state index contributed by atoms with van der Waals surface area (Å²) in [4.78, 5) is 22.9. The molecule has 1 atom stereocenters. The van der Waals surface area contributed by atoms with Crippen molar-refractivity contribution >= 4 is 11.7 Å². The monoisotopic (exact) mass is 209 g/mol. The van der Waals surface area contributed by atoms with Crippen LogP contribution in [0.1, 0.15) is 36.3 Å². The first-order chi connectivity index (χ1) is 7.06. The van der Waals surface area contributed by atoms with Crippen LogP contribution in [0.2, 0.25) is 0 Å². The van der Waals surface area contributed by atoms with Gasteiger partial charge >= 0.3 is 0 Å². The summed E-state index contributed by atoms with van der Waals surface area (Å²) in [5.74, 6) is -0.250. The highest BCUT2D eigenvalue weighted by Gasteiger charge is 2.16. The third kappa shape index (κ3) is 2.65. The predicted octanol–water partition coefficient (Wildman–Crippen LogP) is 0.816. The molecule has 0 saturated carbocycles. The Morgan fingerprint density at radius 1 is 1.60 bits per heavy atom. The predicted molar refractivity (Wildman–Crippen MR) is 55.6 cm³/mol. The van der Waals surface area contributed by atoms with E-state index in [-0.39, 0.29) is 11.7 Å². The Hall–Kier alpha value is -1.65. The van der Waals surface area contributed by atoms with Crippen LogP contribution < -0.4 is 5.32 Å². The van der Waals surface area contributed by atoms with Crippen LogP contribution in [0.4, 0.5) is 0 Å². The van der Waals surface area contributed by atoms with Gasteiger partial charge in [0, 0.05) is 12.1 Å². The Balaban J connectivity index is 2.64. The molecule has 15 heavy (non-hydrogen) atoms. The van der Waals surface area contributed by atoms with Gasteiger partial charge in [0.15, 0.2) is 5.78 Å². The summed E-state index contributed by atoms with van der Waals surface area (Å²) in [5, 5.41) is 9.04. The zero-order chi connectivity index (χ0) is 11.4. The van der Waals surface area contributed by atoms with Crippen LogP contribution in [0.15, 0.2) is 6.20 Å². The minimum absolute atomic E-state index is 0.0181. The van der Waals surface area contributed by atoms with E-state index < -0.39 is 6.04 Å². The molecule has 0 fully saturated rings. The number of aromatic amines is 1. The van der Waals surface area contributed by atoms with Crippen molar-refractivity contribution in [2.45, 2.75) is 33.2 Å². The highest BCUT2D eigenvalue weighted by molar-refractivity contribution is 5.98. The number of Topliss-reactive ketones (excluding diaryl/α,β-unsaturated/α-hetero) is 1. The maximum absolute atomic E-state index is 11.6. The van der Waals surface area contributed by atoms with Crippen LogP contribution >= 0.6 is 0 Å². The second-order valence-electron chi connectivity index (χ2n) is 3.42. The van der Waals surface area contributed by atoms with E-state index in [9.17, 15) is 9.59 Å². The number of aromatic nitrogens is 2. The molecule has 1 rings (SSSR count). The molecule has 0 aliphatic carbocycles. The number of aryl methyl sites for hydroxylation is 1. The molecule has 1 aromatic heterocycles. The molecule has 82 valence electrons. The Morgan fingerprint density at radius 3 is 2.73 bits per heavy atom. The van der Waals surface area contributed by atoms with Crippen molar-refractivity contribution < 1.29 is 9.59 Å². The number of rotatable bonds is 4. The quantitative estimate of drug-likeness (QED) is 0.770. The maximum atomic E-state index is 11.6. The zero-order valence-electron chi connectivity index (χ0n) is 9.13. The Bertz CT molecular complexity index is 370. The second kappa shape index (κ2) is 4.72. The summed E-state index contributed by atoms with van der Waals surface area (Å²) in [6.07, 6.45) is 1.87. The highest BCUT2D eigenvalue weighted by atomic mass is 16.2. The Kier molecular flexibility index (Phi) is 3.60. The van der Waals surface area contributed by atoms with Crippen LogP contribution in [0.25, 0.3) is 0 Å². The first kappa shape index (κ1) is 11.4. The SMILES string of the molecule is CCC(=O)C(C)NC(=O)c1cn[nH]c1C. The van der Waals surface area contributed by atoms with Crippen LogP contribution in [0, 0.1) is 6.92 Å². The van der Waals surface area contributed by atoms with Crippen molar-refractivity contribution in [2.24, 2.45) is 0 Å². The number of hydrogen-bond acceptors (Lipinski definition) is 3.